The Morgan fingerprint density at radius 1 is 1.11 bits per heavy atom. The van der Waals surface area contributed by atoms with Crippen molar-refractivity contribution in [1.82, 2.24) is 5.32 Å². The molecule has 6 nitrogen and oxygen atoms in total. The van der Waals surface area contributed by atoms with Gasteiger partial charge in [0.1, 0.15) is 6.23 Å². The van der Waals surface area contributed by atoms with Crippen molar-refractivity contribution >= 4 is 23.7 Å². The monoisotopic (exact) mass is 399 g/mol. The third kappa shape index (κ3) is 8.54. The minimum atomic E-state index is -4.40. The number of nitrogens with two attached hydrogens (primary N) is 1. The van der Waals surface area contributed by atoms with E-state index in [2.05, 4.69) is 16.4 Å². The van der Waals surface area contributed by atoms with E-state index >= 15 is 0 Å². The zero-order valence-corrected chi connectivity index (χ0v) is 15.7. The van der Waals surface area contributed by atoms with Gasteiger partial charge < -0.3 is 21.5 Å². The zero-order valence-electron chi connectivity index (χ0n) is 15.7. The first-order chi connectivity index (χ1) is 13.2. The standard InChI is InChI=1S/C16H15F3N2O2.C2H6.CH3NO/c1-10(22)20-15(23)13-4-2-3-5-14(13)21-12-8-6-11(7-9-12)16(17,18)19;1-2;2-1-3/h2-10,21-22H,1H3,(H,20,23);1-2H3;1H,(H2,2,3). The predicted molar refractivity (Wildman–Crippen MR) is 102 cm³/mol. The second kappa shape index (κ2) is 12.3. The summed E-state index contributed by atoms with van der Waals surface area (Å²) in [4.78, 5) is 20.6. The van der Waals surface area contributed by atoms with Crippen molar-refractivity contribution < 1.29 is 27.9 Å². The molecule has 154 valence electrons. The number of anilines is 2. The number of aliphatic hydroxyl groups excluding tert-OH is 1. The average molecular weight is 399 g/mol. The van der Waals surface area contributed by atoms with Crippen LogP contribution in [0.4, 0.5) is 24.5 Å². The molecule has 0 bridgehead atoms. The van der Waals surface area contributed by atoms with Gasteiger partial charge in [0.05, 0.1) is 16.8 Å². The summed E-state index contributed by atoms with van der Waals surface area (Å²) in [6.45, 7) is 5.41. The Kier molecular flexibility index (Phi) is 11.0. The van der Waals surface area contributed by atoms with Crippen LogP contribution in [0.5, 0.6) is 0 Å². The number of carbonyl (C=O) groups excluding carboxylic acids is 2. The summed E-state index contributed by atoms with van der Waals surface area (Å²) >= 11 is 0. The number of alkyl halides is 3. The Labute approximate surface area is 161 Å². The number of para-hydroxylation sites is 1. The average Bonchev–Trinajstić information content (AvgIpc) is 2.63. The lowest BCUT2D eigenvalue weighted by atomic mass is 10.1. The van der Waals surface area contributed by atoms with Crippen molar-refractivity contribution in [3.05, 3.63) is 59.7 Å². The quantitative estimate of drug-likeness (QED) is 0.465. The molecule has 0 heterocycles. The van der Waals surface area contributed by atoms with E-state index in [4.69, 9.17) is 4.79 Å². The van der Waals surface area contributed by atoms with Gasteiger partial charge in [-0.05, 0) is 43.3 Å². The molecule has 9 heteroatoms. The Balaban J connectivity index is 0.00000133. The highest BCUT2D eigenvalue weighted by atomic mass is 19.4. The number of hydrogen-bond donors (Lipinski definition) is 4. The van der Waals surface area contributed by atoms with Gasteiger partial charge in [-0.3, -0.25) is 9.59 Å². The molecule has 0 fully saturated rings. The molecule has 0 aliphatic rings. The number of halogens is 3. The summed E-state index contributed by atoms with van der Waals surface area (Å²) in [5.41, 5.74) is 4.53. The van der Waals surface area contributed by atoms with Gasteiger partial charge in [0.15, 0.2) is 0 Å². The number of rotatable bonds is 4. The van der Waals surface area contributed by atoms with Crippen molar-refractivity contribution in [3.63, 3.8) is 0 Å². The second-order valence-electron chi connectivity index (χ2n) is 5.03. The number of amides is 2. The van der Waals surface area contributed by atoms with Gasteiger partial charge in [0.2, 0.25) is 6.41 Å². The number of primary amides is 1. The van der Waals surface area contributed by atoms with Gasteiger partial charge in [-0.1, -0.05) is 26.0 Å². The molecule has 0 saturated heterocycles. The minimum absolute atomic E-state index is 0.250. The highest BCUT2D eigenvalue weighted by molar-refractivity contribution is 6.00. The molecular weight excluding hydrogens is 375 g/mol. The van der Waals surface area contributed by atoms with Crippen molar-refractivity contribution in [2.24, 2.45) is 5.73 Å². The van der Waals surface area contributed by atoms with Crippen LogP contribution in [0.2, 0.25) is 0 Å². The van der Waals surface area contributed by atoms with Crippen LogP contribution < -0.4 is 16.4 Å². The lowest BCUT2D eigenvalue weighted by molar-refractivity contribution is -0.137. The first kappa shape index (κ1) is 24.9. The summed E-state index contributed by atoms with van der Waals surface area (Å²) in [5, 5.41) is 14.5. The molecule has 1 unspecified atom stereocenters. The maximum absolute atomic E-state index is 12.5. The normalized spacial score (nSPS) is 11.0. The highest BCUT2D eigenvalue weighted by Crippen LogP contribution is 2.30. The van der Waals surface area contributed by atoms with E-state index in [9.17, 15) is 23.1 Å². The molecular formula is C19H24F3N3O3. The van der Waals surface area contributed by atoms with Gasteiger partial charge in [0, 0.05) is 5.69 Å². The SMILES string of the molecule is CC.CC(O)NC(=O)c1ccccc1Nc1ccc(C(F)(F)F)cc1.NC=O. The number of carbonyl (C=O) groups is 2. The molecule has 0 aromatic heterocycles. The van der Waals surface area contributed by atoms with Crippen molar-refractivity contribution in [1.29, 1.82) is 0 Å². The molecule has 5 N–H and O–H groups in total. The van der Waals surface area contributed by atoms with Gasteiger partial charge in [0.25, 0.3) is 5.91 Å². The molecule has 28 heavy (non-hydrogen) atoms. The van der Waals surface area contributed by atoms with Crippen molar-refractivity contribution in [2.45, 2.75) is 33.2 Å². The largest absolute Gasteiger partial charge is 0.416 e. The van der Waals surface area contributed by atoms with Crippen LogP contribution in [0.3, 0.4) is 0 Å². The Hall–Kier alpha value is -3.07. The fraction of sp³-hybridized carbons (Fsp3) is 0.263. The summed E-state index contributed by atoms with van der Waals surface area (Å²) in [7, 11) is 0. The van der Waals surface area contributed by atoms with E-state index in [1.54, 1.807) is 24.3 Å². The van der Waals surface area contributed by atoms with Crippen molar-refractivity contribution in [3.8, 4) is 0 Å². The van der Waals surface area contributed by atoms with Crippen LogP contribution in [0, 0.1) is 0 Å². The van der Waals surface area contributed by atoms with E-state index in [1.807, 2.05) is 13.8 Å². The fourth-order valence-electron chi connectivity index (χ4n) is 1.96. The number of benzene rings is 2. The zero-order chi connectivity index (χ0) is 21.7. The number of nitrogens with one attached hydrogen (secondary N) is 2. The second-order valence-corrected chi connectivity index (χ2v) is 5.03. The van der Waals surface area contributed by atoms with Gasteiger partial charge >= 0.3 is 6.18 Å². The van der Waals surface area contributed by atoms with Crippen LogP contribution in [-0.2, 0) is 11.0 Å². The Morgan fingerprint density at radius 3 is 2.07 bits per heavy atom. The first-order valence-corrected chi connectivity index (χ1v) is 8.36. The predicted octanol–water partition coefficient (Wildman–Crippen LogP) is 3.64. The summed E-state index contributed by atoms with van der Waals surface area (Å²) < 4.78 is 37.6. The van der Waals surface area contributed by atoms with Gasteiger partial charge in [-0.15, -0.1) is 0 Å². The molecule has 2 amide bonds. The molecule has 0 aliphatic carbocycles. The Morgan fingerprint density at radius 2 is 1.61 bits per heavy atom. The highest BCUT2D eigenvalue weighted by Gasteiger charge is 2.29. The number of hydrogen-bond acceptors (Lipinski definition) is 4. The van der Waals surface area contributed by atoms with E-state index in [0.29, 0.717) is 11.4 Å². The maximum Gasteiger partial charge on any atom is 0.416 e. The molecule has 2 rings (SSSR count). The van der Waals surface area contributed by atoms with Crippen LogP contribution in [0.25, 0.3) is 0 Å². The van der Waals surface area contributed by atoms with E-state index in [-0.39, 0.29) is 12.0 Å². The Bertz CT molecular complexity index is 733. The van der Waals surface area contributed by atoms with Gasteiger partial charge in [-0.2, -0.15) is 13.2 Å². The van der Waals surface area contributed by atoms with Crippen LogP contribution >= 0.6 is 0 Å². The van der Waals surface area contributed by atoms with E-state index in [0.717, 1.165) is 12.1 Å². The molecule has 2 aromatic rings. The fourth-order valence-corrected chi connectivity index (χ4v) is 1.96. The van der Waals surface area contributed by atoms with Crippen molar-refractivity contribution in [2.75, 3.05) is 5.32 Å². The molecule has 0 radical (unpaired) electrons. The molecule has 0 saturated carbocycles. The minimum Gasteiger partial charge on any atom is -0.374 e. The first-order valence-electron chi connectivity index (χ1n) is 8.36. The third-order valence-corrected chi connectivity index (χ3v) is 3.00. The lowest BCUT2D eigenvalue weighted by Crippen LogP contribution is -2.32. The molecule has 1 atom stereocenters. The maximum atomic E-state index is 12.5. The van der Waals surface area contributed by atoms with Gasteiger partial charge in [-0.25, -0.2) is 0 Å². The van der Waals surface area contributed by atoms with E-state index < -0.39 is 23.9 Å². The smallest absolute Gasteiger partial charge is 0.374 e. The molecule has 0 spiro atoms. The van der Waals surface area contributed by atoms with Crippen LogP contribution in [0.15, 0.2) is 48.5 Å². The number of aliphatic hydroxyl groups is 1. The third-order valence-electron chi connectivity index (χ3n) is 3.00. The summed E-state index contributed by atoms with van der Waals surface area (Å²) in [6.07, 6.45) is -5.16. The summed E-state index contributed by atoms with van der Waals surface area (Å²) in [6, 6.07) is 11.0. The van der Waals surface area contributed by atoms with Crippen LogP contribution in [-0.4, -0.2) is 23.7 Å². The topological polar surface area (TPSA) is 104 Å². The lowest BCUT2D eigenvalue weighted by Gasteiger charge is -2.14. The van der Waals surface area contributed by atoms with Crippen LogP contribution in [0.1, 0.15) is 36.7 Å². The molecule has 2 aromatic carbocycles. The summed E-state index contributed by atoms with van der Waals surface area (Å²) in [5.74, 6) is -0.491. The van der Waals surface area contributed by atoms with E-state index in [1.165, 1.54) is 19.1 Å². The molecule has 0 aliphatic heterocycles.